The lowest BCUT2D eigenvalue weighted by atomic mass is 10.0. The average Bonchev–Trinajstić information content (AvgIpc) is 3.04. The third kappa shape index (κ3) is 5.53. The molecule has 1 N–H and O–H groups in total. The summed E-state index contributed by atoms with van der Waals surface area (Å²) in [7, 11) is 0. The molecule has 5 heteroatoms. The highest BCUT2D eigenvalue weighted by atomic mass is 32.1. The van der Waals surface area contributed by atoms with E-state index in [0.717, 1.165) is 16.1 Å². The molecule has 23 heavy (non-hydrogen) atoms. The predicted molar refractivity (Wildman–Crippen MR) is 92.8 cm³/mol. The number of hydrogen-bond acceptors (Lipinski definition) is 4. The van der Waals surface area contributed by atoms with Crippen LogP contribution in [-0.2, 0) is 20.7 Å². The molecule has 0 aliphatic carbocycles. The second-order valence-corrected chi connectivity index (χ2v) is 6.56. The van der Waals surface area contributed by atoms with Crippen molar-refractivity contribution >= 4 is 28.9 Å². The van der Waals surface area contributed by atoms with Gasteiger partial charge in [-0.15, -0.1) is 11.3 Å². The third-order valence-electron chi connectivity index (χ3n) is 3.38. The number of aryl methyl sites for hydroxylation is 1. The predicted octanol–water partition coefficient (Wildman–Crippen LogP) is 3.99. The van der Waals surface area contributed by atoms with Gasteiger partial charge in [0.25, 0.3) is 5.91 Å². The molecule has 0 aliphatic heterocycles. The van der Waals surface area contributed by atoms with E-state index in [2.05, 4.69) is 19.2 Å². The molecule has 0 fully saturated rings. The standard InChI is InChI=1S/C18H21NO3S/c1-13(2)15-7-3-4-8-16(15)19-17(20)12-22-18(21)10-9-14-6-5-11-23-14/h3-8,11,13H,9-10,12H2,1-2H3,(H,19,20). The molecule has 122 valence electrons. The quantitative estimate of drug-likeness (QED) is 0.781. The van der Waals surface area contributed by atoms with Gasteiger partial charge in [0.05, 0.1) is 6.42 Å². The van der Waals surface area contributed by atoms with E-state index in [-0.39, 0.29) is 24.9 Å². The summed E-state index contributed by atoms with van der Waals surface area (Å²) in [5, 5.41) is 4.78. The molecule has 0 unspecified atom stereocenters. The molecule has 2 rings (SSSR count). The molecule has 0 radical (unpaired) electrons. The fourth-order valence-corrected chi connectivity index (χ4v) is 2.91. The van der Waals surface area contributed by atoms with Gasteiger partial charge in [-0.25, -0.2) is 0 Å². The van der Waals surface area contributed by atoms with E-state index in [9.17, 15) is 9.59 Å². The van der Waals surface area contributed by atoms with Gasteiger partial charge in [0.15, 0.2) is 6.61 Å². The van der Waals surface area contributed by atoms with Crippen molar-refractivity contribution in [3.63, 3.8) is 0 Å². The van der Waals surface area contributed by atoms with Crippen LogP contribution in [0.2, 0.25) is 0 Å². The van der Waals surface area contributed by atoms with Crippen LogP contribution < -0.4 is 5.32 Å². The van der Waals surface area contributed by atoms with Crippen molar-refractivity contribution in [2.24, 2.45) is 0 Å². The second kappa shape index (κ2) is 8.48. The number of carbonyl (C=O) groups excluding carboxylic acids is 2. The van der Waals surface area contributed by atoms with Gasteiger partial charge in [-0.05, 0) is 35.4 Å². The van der Waals surface area contributed by atoms with Gasteiger partial charge in [0, 0.05) is 10.6 Å². The van der Waals surface area contributed by atoms with Crippen LogP contribution in [0, 0.1) is 0 Å². The SMILES string of the molecule is CC(C)c1ccccc1NC(=O)COC(=O)CCc1cccs1. The van der Waals surface area contributed by atoms with Crippen LogP contribution in [0.1, 0.15) is 36.6 Å². The average molecular weight is 331 g/mol. The van der Waals surface area contributed by atoms with Crippen LogP contribution >= 0.6 is 11.3 Å². The lowest BCUT2D eigenvalue weighted by Gasteiger charge is -2.13. The van der Waals surface area contributed by atoms with Gasteiger partial charge < -0.3 is 10.1 Å². The van der Waals surface area contributed by atoms with Crippen molar-refractivity contribution in [2.45, 2.75) is 32.6 Å². The van der Waals surface area contributed by atoms with E-state index < -0.39 is 0 Å². The number of rotatable bonds is 7. The normalized spacial score (nSPS) is 10.6. The van der Waals surface area contributed by atoms with E-state index in [4.69, 9.17) is 4.74 Å². The van der Waals surface area contributed by atoms with Gasteiger partial charge in [-0.1, -0.05) is 38.1 Å². The Labute approximate surface area is 140 Å². The Morgan fingerprint density at radius 2 is 1.96 bits per heavy atom. The van der Waals surface area contributed by atoms with Crippen molar-refractivity contribution in [3.8, 4) is 0 Å². The van der Waals surface area contributed by atoms with Crippen molar-refractivity contribution in [3.05, 3.63) is 52.2 Å². The first-order valence-electron chi connectivity index (χ1n) is 7.63. The summed E-state index contributed by atoms with van der Waals surface area (Å²) in [5.74, 6) is -0.367. The number of anilines is 1. The zero-order valence-corrected chi connectivity index (χ0v) is 14.2. The minimum atomic E-state index is -0.356. The number of benzene rings is 1. The maximum atomic E-state index is 11.9. The summed E-state index contributed by atoms with van der Waals surface area (Å²) in [5.41, 5.74) is 1.83. The number of para-hydroxylation sites is 1. The van der Waals surface area contributed by atoms with Crippen molar-refractivity contribution in [1.82, 2.24) is 0 Å². The molecule has 0 bridgehead atoms. The molecule has 1 amide bonds. The first-order valence-corrected chi connectivity index (χ1v) is 8.51. The first-order chi connectivity index (χ1) is 11.1. The highest BCUT2D eigenvalue weighted by molar-refractivity contribution is 7.09. The number of esters is 1. The molecule has 0 saturated heterocycles. The molecule has 4 nitrogen and oxygen atoms in total. The van der Waals surface area contributed by atoms with Crippen molar-refractivity contribution in [1.29, 1.82) is 0 Å². The number of amides is 1. The monoisotopic (exact) mass is 331 g/mol. The Balaban J connectivity index is 1.78. The number of ether oxygens (including phenoxy) is 1. The number of thiophene rings is 1. The van der Waals surface area contributed by atoms with E-state index in [1.54, 1.807) is 11.3 Å². The molecule has 2 aromatic rings. The van der Waals surface area contributed by atoms with Gasteiger partial charge in [0.2, 0.25) is 0 Å². The van der Waals surface area contributed by atoms with Crippen molar-refractivity contribution in [2.75, 3.05) is 11.9 Å². The summed E-state index contributed by atoms with van der Waals surface area (Å²) in [4.78, 5) is 24.7. The fraction of sp³-hybridized carbons (Fsp3) is 0.333. The van der Waals surface area contributed by atoms with Crippen LogP contribution in [0.5, 0.6) is 0 Å². The molecule has 1 aromatic heterocycles. The molecular weight excluding hydrogens is 310 g/mol. The number of carbonyl (C=O) groups is 2. The lowest BCUT2D eigenvalue weighted by Crippen LogP contribution is -2.21. The topological polar surface area (TPSA) is 55.4 Å². The Morgan fingerprint density at radius 1 is 1.17 bits per heavy atom. The summed E-state index contributed by atoms with van der Waals surface area (Å²) in [6.07, 6.45) is 0.935. The molecule has 0 atom stereocenters. The zero-order valence-electron chi connectivity index (χ0n) is 13.4. The summed E-state index contributed by atoms with van der Waals surface area (Å²) < 4.78 is 5.03. The van der Waals surface area contributed by atoms with E-state index >= 15 is 0 Å². The lowest BCUT2D eigenvalue weighted by molar-refractivity contribution is -0.147. The van der Waals surface area contributed by atoms with Gasteiger partial charge >= 0.3 is 5.97 Å². The van der Waals surface area contributed by atoms with E-state index in [1.165, 1.54) is 0 Å². The highest BCUT2D eigenvalue weighted by Gasteiger charge is 2.11. The van der Waals surface area contributed by atoms with Crippen LogP contribution in [0.4, 0.5) is 5.69 Å². The maximum absolute atomic E-state index is 11.9. The molecule has 0 saturated carbocycles. The van der Waals surface area contributed by atoms with Gasteiger partial charge in [0.1, 0.15) is 0 Å². The van der Waals surface area contributed by atoms with Crippen molar-refractivity contribution < 1.29 is 14.3 Å². The minimum Gasteiger partial charge on any atom is -0.456 e. The maximum Gasteiger partial charge on any atom is 0.306 e. The third-order valence-corrected chi connectivity index (χ3v) is 4.31. The Kier molecular flexibility index (Phi) is 6.35. The Hall–Kier alpha value is -2.14. The van der Waals surface area contributed by atoms with Crippen LogP contribution in [0.3, 0.4) is 0 Å². The van der Waals surface area contributed by atoms with Crippen LogP contribution in [0.25, 0.3) is 0 Å². The summed E-state index contributed by atoms with van der Waals surface area (Å²) in [6, 6.07) is 11.6. The van der Waals surface area contributed by atoms with Crippen LogP contribution in [-0.4, -0.2) is 18.5 Å². The highest BCUT2D eigenvalue weighted by Crippen LogP contribution is 2.23. The fourth-order valence-electron chi connectivity index (χ4n) is 2.20. The Morgan fingerprint density at radius 3 is 2.65 bits per heavy atom. The summed E-state index contributed by atoms with van der Waals surface area (Å²) >= 11 is 1.61. The number of nitrogens with one attached hydrogen (secondary N) is 1. The van der Waals surface area contributed by atoms with E-state index in [1.807, 2.05) is 41.8 Å². The molecule has 1 heterocycles. The Bertz CT molecular complexity index is 650. The van der Waals surface area contributed by atoms with E-state index in [0.29, 0.717) is 12.3 Å². The molecule has 0 aliphatic rings. The minimum absolute atomic E-state index is 0.254. The van der Waals surface area contributed by atoms with Crippen LogP contribution in [0.15, 0.2) is 41.8 Å². The molecule has 0 spiro atoms. The smallest absolute Gasteiger partial charge is 0.306 e. The number of hydrogen-bond donors (Lipinski definition) is 1. The zero-order chi connectivity index (χ0) is 16.7. The van der Waals surface area contributed by atoms with Gasteiger partial charge in [-0.3, -0.25) is 9.59 Å². The second-order valence-electron chi connectivity index (χ2n) is 5.53. The molecular formula is C18H21NO3S. The largest absolute Gasteiger partial charge is 0.456 e. The molecule has 1 aromatic carbocycles. The first kappa shape index (κ1) is 17.2. The van der Waals surface area contributed by atoms with Gasteiger partial charge in [-0.2, -0.15) is 0 Å². The summed E-state index contributed by atoms with van der Waals surface area (Å²) in [6.45, 7) is 3.88.